The Bertz CT molecular complexity index is 704. The van der Waals surface area contributed by atoms with Crippen molar-refractivity contribution in [2.24, 2.45) is 0 Å². The molecule has 130 valence electrons. The van der Waals surface area contributed by atoms with Crippen LogP contribution in [0, 0.1) is 17.5 Å². The van der Waals surface area contributed by atoms with Gasteiger partial charge >= 0.3 is 7.12 Å². The standard InChI is InChI=1S/C18H22BF3O2/c1-2-3-4-5-6-7-8-12-9-10-13-14(17(12)21)11-15(20)16(18(13)22)19(23)24/h9-11,23-24H,2-8H2,1H3. The third kappa shape index (κ3) is 4.11. The smallest absolute Gasteiger partial charge is 0.423 e. The van der Waals surface area contributed by atoms with Gasteiger partial charge in [-0.2, -0.15) is 0 Å². The van der Waals surface area contributed by atoms with E-state index in [9.17, 15) is 13.2 Å². The van der Waals surface area contributed by atoms with Crippen molar-refractivity contribution in [3.63, 3.8) is 0 Å². The molecule has 0 unspecified atom stereocenters. The van der Waals surface area contributed by atoms with E-state index in [1.807, 2.05) is 0 Å². The Hall–Kier alpha value is -1.53. The molecule has 0 aliphatic carbocycles. The zero-order valence-corrected chi connectivity index (χ0v) is 13.8. The highest BCUT2D eigenvalue weighted by atomic mass is 19.1. The lowest BCUT2D eigenvalue weighted by Crippen LogP contribution is -2.35. The summed E-state index contributed by atoms with van der Waals surface area (Å²) in [5.74, 6) is -2.94. The largest absolute Gasteiger partial charge is 0.494 e. The highest BCUT2D eigenvalue weighted by Gasteiger charge is 2.25. The van der Waals surface area contributed by atoms with Crippen LogP contribution in [-0.2, 0) is 6.42 Å². The van der Waals surface area contributed by atoms with E-state index < -0.39 is 30.0 Å². The lowest BCUT2D eigenvalue weighted by atomic mass is 9.78. The van der Waals surface area contributed by atoms with E-state index >= 15 is 0 Å². The fraction of sp³-hybridized carbons (Fsp3) is 0.444. The average molecular weight is 338 g/mol. The molecule has 24 heavy (non-hydrogen) atoms. The zero-order chi connectivity index (χ0) is 17.7. The first-order valence-corrected chi connectivity index (χ1v) is 8.42. The third-order valence-electron chi connectivity index (χ3n) is 4.32. The predicted octanol–water partition coefficient (Wildman–Crippen LogP) is 3.84. The Balaban J connectivity index is 2.20. The second kappa shape index (κ2) is 8.54. The summed E-state index contributed by atoms with van der Waals surface area (Å²) in [4.78, 5) is 0. The quantitative estimate of drug-likeness (QED) is 0.567. The van der Waals surface area contributed by atoms with Gasteiger partial charge in [0.15, 0.2) is 0 Å². The molecule has 0 saturated carbocycles. The number of halogens is 3. The van der Waals surface area contributed by atoms with Gasteiger partial charge in [0, 0.05) is 10.8 Å². The molecule has 0 atom stereocenters. The van der Waals surface area contributed by atoms with Crippen LogP contribution in [0.15, 0.2) is 18.2 Å². The second-order valence-electron chi connectivity index (χ2n) is 6.11. The van der Waals surface area contributed by atoms with E-state index in [1.54, 1.807) is 0 Å². The van der Waals surface area contributed by atoms with Crippen LogP contribution in [0.2, 0.25) is 0 Å². The Morgan fingerprint density at radius 1 is 0.875 bits per heavy atom. The molecule has 0 spiro atoms. The van der Waals surface area contributed by atoms with Crippen LogP contribution < -0.4 is 5.46 Å². The van der Waals surface area contributed by atoms with Crippen LogP contribution in [0.25, 0.3) is 10.8 Å². The summed E-state index contributed by atoms with van der Waals surface area (Å²) < 4.78 is 42.6. The molecule has 0 amide bonds. The van der Waals surface area contributed by atoms with Crippen molar-refractivity contribution in [2.75, 3.05) is 0 Å². The lowest BCUT2D eigenvalue weighted by molar-refractivity contribution is 0.420. The van der Waals surface area contributed by atoms with Crippen LogP contribution in [-0.4, -0.2) is 17.2 Å². The molecule has 0 aliphatic rings. The summed E-state index contributed by atoms with van der Waals surface area (Å²) in [5, 5.41) is 17.8. The van der Waals surface area contributed by atoms with Gasteiger partial charge in [-0.15, -0.1) is 0 Å². The van der Waals surface area contributed by atoms with Gasteiger partial charge in [0.05, 0.1) is 5.46 Å². The summed E-state index contributed by atoms with van der Waals surface area (Å²) in [6.45, 7) is 2.14. The van der Waals surface area contributed by atoms with Crippen LogP contribution in [0.5, 0.6) is 0 Å². The molecule has 2 nitrogen and oxygen atoms in total. The topological polar surface area (TPSA) is 40.5 Å². The van der Waals surface area contributed by atoms with Gasteiger partial charge in [-0.1, -0.05) is 51.2 Å². The van der Waals surface area contributed by atoms with E-state index in [4.69, 9.17) is 10.0 Å². The fourth-order valence-electron chi connectivity index (χ4n) is 2.95. The van der Waals surface area contributed by atoms with Gasteiger partial charge in [0.1, 0.15) is 17.5 Å². The van der Waals surface area contributed by atoms with Crippen molar-refractivity contribution in [3.8, 4) is 0 Å². The molecule has 0 aliphatic heterocycles. The molecular formula is C18H22BF3O2. The molecule has 0 heterocycles. The van der Waals surface area contributed by atoms with Crippen LogP contribution in [0.1, 0.15) is 51.0 Å². The maximum absolute atomic E-state index is 14.5. The first kappa shape index (κ1) is 18.8. The molecule has 0 radical (unpaired) electrons. The Kier molecular flexibility index (Phi) is 6.69. The molecule has 0 bridgehead atoms. The van der Waals surface area contributed by atoms with Gasteiger partial charge in [-0.05, 0) is 24.5 Å². The van der Waals surface area contributed by atoms with E-state index in [0.717, 1.165) is 25.3 Å². The Labute approximate surface area is 140 Å². The molecule has 2 aromatic carbocycles. The van der Waals surface area contributed by atoms with E-state index in [-0.39, 0.29) is 10.8 Å². The number of aryl methyl sites for hydroxylation is 1. The second-order valence-corrected chi connectivity index (χ2v) is 6.11. The van der Waals surface area contributed by atoms with Gasteiger partial charge in [0.2, 0.25) is 0 Å². The summed E-state index contributed by atoms with van der Waals surface area (Å²) in [7, 11) is -2.28. The van der Waals surface area contributed by atoms with Gasteiger partial charge in [0.25, 0.3) is 0 Å². The Morgan fingerprint density at radius 2 is 1.54 bits per heavy atom. The van der Waals surface area contributed by atoms with E-state index in [1.165, 1.54) is 31.4 Å². The molecule has 2 rings (SSSR count). The molecule has 6 heteroatoms. The van der Waals surface area contributed by atoms with Crippen LogP contribution in [0.4, 0.5) is 13.2 Å². The highest BCUT2D eigenvalue weighted by molar-refractivity contribution is 6.59. The molecule has 2 aromatic rings. The number of benzene rings is 2. The first-order valence-electron chi connectivity index (χ1n) is 8.42. The predicted molar refractivity (Wildman–Crippen MR) is 90.7 cm³/mol. The monoisotopic (exact) mass is 338 g/mol. The molecule has 0 saturated heterocycles. The third-order valence-corrected chi connectivity index (χ3v) is 4.32. The summed E-state index contributed by atoms with van der Waals surface area (Å²) in [5.41, 5.74) is -0.431. The van der Waals surface area contributed by atoms with Gasteiger partial charge in [-0.3, -0.25) is 0 Å². The van der Waals surface area contributed by atoms with Crippen molar-refractivity contribution in [1.82, 2.24) is 0 Å². The zero-order valence-electron chi connectivity index (χ0n) is 13.8. The van der Waals surface area contributed by atoms with Gasteiger partial charge in [-0.25, -0.2) is 13.2 Å². The van der Waals surface area contributed by atoms with E-state index in [0.29, 0.717) is 12.0 Å². The van der Waals surface area contributed by atoms with Crippen LogP contribution >= 0.6 is 0 Å². The number of fused-ring (bicyclic) bond motifs is 1. The summed E-state index contributed by atoms with van der Waals surface area (Å²) in [6, 6.07) is 3.68. The SMILES string of the molecule is CCCCCCCCc1ccc2c(F)c(B(O)O)c(F)cc2c1F. The fourth-order valence-corrected chi connectivity index (χ4v) is 2.95. The maximum Gasteiger partial charge on any atom is 0.494 e. The molecule has 0 aromatic heterocycles. The molecule has 0 fully saturated rings. The van der Waals surface area contributed by atoms with Crippen molar-refractivity contribution < 1.29 is 23.2 Å². The van der Waals surface area contributed by atoms with Gasteiger partial charge < -0.3 is 10.0 Å². The summed E-state index contributed by atoms with van der Waals surface area (Å²) >= 11 is 0. The molecule has 2 N–H and O–H groups in total. The van der Waals surface area contributed by atoms with Crippen molar-refractivity contribution in [1.29, 1.82) is 0 Å². The number of unbranched alkanes of at least 4 members (excludes halogenated alkanes) is 5. The summed E-state index contributed by atoms with van der Waals surface area (Å²) in [6.07, 6.45) is 6.97. The van der Waals surface area contributed by atoms with Crippen molar-refractivity contribution in [3.05, 3.63) is 41.2 Å². The number of hydrogen-bond acceptors (Lipinski definition) is 2. The highest BCUT2D eigenvalue weighted by Crippen LogP contribution is 2.25. The normalized spacial score (nSPS) is 11.2. The maximum atomic E-state index is 14.5. The van der Waals surface area contributed by atoms with Crippen molar-refractivity contribution in [2.45, 2.75) is 51.9 Å². The minimum absolute atomic E-state index is 0.149. The minimum Gasteiger partial charge on any atom is -0.423 e. The minimum atomic E-state index is -2.28. The Morgan fingerprint density at radius 3 is 2.21 bits per heavy atom. The number of rotatable bonds is 8. The van der Waals surface area contributed by atoms with Crippen LogP contribution in [0.3, 0.4) is 0 Å². The number of hydrogen-bond donors (Lipinski definition) is 2. The molecular weight excluding hydrogens is 316 g/mol. The average Bonchev–Trinajstić information content (AvgIpc) is 2.53. The first-order chi connectivity index (χ1) is 11.5. The van der Waals surface area contributed by atoms with E-state index in [2.05, 4.69) is 6.92 Å². The van der Waals surface area contributed by atoms with Crippen molar-refractivity contribution >= 4 is 23.4 Å². The lowest BCUT2D eigenvalue weighted by Gasteiger charge is -2.11.